The lowest BCUT2D eigenvalue weighted by Gasteiger charge is -2.35. The van der Waals surface area contributed by atoms with Gasteiger partial charge in [0.2, 0.25) is 23.5 Å². The Bertz CT molecular complexity index is 1280. The van der Waals surface area contributed by atoms with Crippen LogP contribution in [0.3, 0.4) is 0 Å². The lowest BCUT2D eigenvalue weighted by Crippen LogP contribution is -2.60. The van der Waals surface area contributed by atoms with Gasteiger partial charge in [0.15, 0.2) is 0 Å². The molecule has 0 spiro atoms. The Morgan fingerprint density at radius 1 is 0.882 bits per heavy atom. The highest BCUT2D eigenvalue weighted by Gasteiger charge is 2.42. The largest absolute Gasteiger partial charge is 0.363 e. The normalized spacial score (nSPS) is 17.4. The Morgan fingerprint density at radius 2 is 1.39 bits per heavy atom. The van der Waals surface area contributed by atoms with Gasteiger partial charge in [-0.05, 0) is 47.6 Å². The average Bonchev–Trinajstić information content (AvgIpc) is 3.71. The predicted octanol–water partition coefficient (Wildman–Crippen LogP) is 5.07. The van der Waals surface area contributed by atoms with Crippen LogP contribution in [0.2, 0.25) is 0 Å². The number of likely N-dealkylation sites (tertiary alicyclic amines) is 1. The molecule has 1 saturated carbocycles. The highest BCUT2D eigenvalue weighted by Crippen LogP contribution is 2.27. The maximum atomic E-state index is 13.6. The second-order valence-corrected chi connectivity index (χ2v) is 15.5. The fourth-order valence-electron chi connectivity index (χ4n) is 5.48. The van der Waals surface area contributed by atoms with E-state index in [1.54, 1.807) is 32.6 Å². The number of ketones is 1. The predicted molar refractivity (Wildman–Crippen MR) is 201 cm³/mol. The summed E-state index contributed by atoms with van der Waals surface area (Å²) in [5.74, 6) is -1.40. The number of hydrogen-bond acceptors (Lipinski definition) is 6. The van der Waals surface area contributed by atoms with Gasteiger partial charge in [0.1, 0.15) is 12.1 Å². The summed E-state index contributed by atoms with van der Waals surface area (Å²) < 4.78 is 0. The van der Waals surface area contributed by atoms with Crippen molar-refractivity contribution < 1.29 is 28.8 Å². The fourth-order valence-corrected chi connectivity index (χ4v) is 5.48. The van der Waals surface area contributed by atoms with Crippen molar-refractivity contribution in [3.05, 3.63) is 35.4 Å². The molecule has 1 saturated heterocycles. The molecule has 0 aromatic heterocycles. The lowest BCUT2D eigenvalue weighted by molar-refractivity contribution is -0.143. The first-order valence-electron chi connectivity index (χ1n) is 18.7. The first-order valence-corrected chi connectivity index (χ1v) is 18.7. The van der Waals surface area contributed by atoms with Gasteiger partial charge in [0.05, 0.1) is 12.6 Å². The Labute approximate surface area is 306 Å². The summed E-state index contributed by atoms with van der Waals surface area (Å²) >= 11 is 0. The number of carbonyl (C=O) groups is 6. The van der Waals surface area contributed by atoms with Gasteiger partial charge in [-0.3, -0.25) is 24.0 Å². The molecule has 1 aromatic carbocycles. The monoisotopic (exact) mass is 715 g/mol. The topological polar surface area (TPSA) is 171 Å². The van der Waals surface area contributed by atoms with E-state index in [0.29, 0.717) is 32.5 Å². The van der Waals surface area contributed by atoms with Gasteiger partial charge >= 0.3 is 6.03 Å². The summed E-state index contributed by atoms with van der Waals surface area (Å²) in [7, 11) is 0. The molecule has 6 amide bonds. The number of hydrogen-bond donors (Lipinski definition) is 4. The average molecular weight is 715 g/mol. The molecule has 5 N–H and O–H groups in total. The molecule has 4 rings (SSSR count). The number of carbonyl (C=O) groups excluding carboxylic acids is 6. The SMILES string of the molecule is CC(C)C.CC1CCC1.CCC.CCC(NC(=O)C1CCCN1C(=O)C(NC(=O)NCC(=O)N1Cc2ccccc2C1)C(C)(C)C)C(=O)C(N)=O. The van der Waals surface area contributed by atoms with E-state index in [4.69, 9.17) is 5.73 Å². The molecule has 2 aliphatic heterocycles. The summed E-state index contributed by atoms with van der Waals surface area (Å²) in [6.45, 7) is 21.1. The number of nitrogens with two attached hydrogens (primary N) is 1. The van der Waals surface area contributed by atoms with Crippen molar-refractivity contribution in [1.29, 1.82) is 0 Å². The van der Waals surface area contributed by atoms with E-state index in [0.717, 1.165) is 23.0 Å². The Hall–Kier alpha value is -3.96. The molecule has 3 aliphatic rings. The summed E-state index contributed by atoms with van der Waals surface area (Å²) in [5, 5.41) is 7.77. The van der Waals surface area contributed by atoms with Crippen molar-refractivity contribution in [3.63, 3.8) is 0 Å². The van der Waals surface area contributed by atoms with Gasteiger partial charge in [0, 0.05) is 19.6 Å². The van der Waals surface area contributed by atoms with E-state index in [2.05, 4.69) is 57.5 Å². The van der Waals surface area contributed by atoms with Crippen molar-refractivity contribution in [2.24, 2.45) is 23.0 Å². The molecular weight excluding hydrogens is 648 g/mol. The molecule has 12 nitrogen and oxygen atoms in total. The van der Waals surface area contributed by atoms with E-state index in [-0.39, 0.29) is 18.9 Å². The molecule has 0 radical (unpaired) electrons. The number of benzene rings is 1. The number of nitrogens with zero attached hydrogens (tertiary/aromatic N) is 2. The van der Waals surface area contributed by atoms with Crippen molar-refractivity contribution in [2.45, 2.75) is 145 Å². The molecule has 2 fully saturated rings. The molecule has 2 heterocycles. The van der Waals surface area contributed by atoms with Crippen molar-refractivity contribution in [1.82, 2.24) is 25.8 Å². The Kier molecular flexibility index (Phi) is 19.5. The third-order valence-electron chi connectivity index (χ3n) is 8.50. The second-order valence-electron chi connectivity index (χ2n) is 15.5. The van der Waals surface area contributed by atoms with Crippen LogP contribution in [0, 0.1) is 17.3 Å². The molecule has 1 aromatic rings. The Balaban J connectivity index is 0.000000926. The standard InChI is InChI=1S/C27H38N6O6.C5H10.C4H10.C3H8/c1-5-18(21(35)23(28)36)30-24(37)19-11-8-12-33(19)25(38)22(27(2,3)4)31-26(39)29-13-20(34)32-14-16-9-6-7-10-17(16)15-32;1-5-3-2-4-5;1-4(2)3;1-3-2/h6-7,9-10,18-19,22H,5,8,11-15H2,1-4H3,(H2,28,36)(H,30,37)(H2,29,31,39);5H,2-4H2,1H3;4H,1-3H3;3H2,1-2H3. The summed E-state index contributed by atoms with van der Waals surface area (Å²) in [6, 6.07) is 4.16. The van der Waals surface area contributed by atoms with Crippen LogP contribution in [0.4, 0.5) is 4.79 Å². The van der Waals surface area contributed by atoms with Crippen molar-refractivity contribution >= 4 is 35.4 Å². The zero-order valence-corrected chi connectivity index (χ0v) is 32.9. The van der Waals surface area contributed by atoms with Crippen LogP contribution in [-0.4, -0.2) is 76.5 Å². The minimum atomic E-state index is -1.14. The van der Waals surface area contributed by atoms with Gasteiger partial charge in [-0.2, -0.15) is 0 Å². The van der Waals surface area contributed by atoms with Crippen LogP contribution >= 0.6 is 0 Å². The zero-order valence-electron chi connectivity index (χ0n) is 32.9. The minimum Gasteiger partial charge on any atom is -0.363 e. The number of nitrogens with one attached hydrogen (secondary N) is 3. The number of amides is 6. The van der Waals surface area contributed by atoms with Gasteiger partial charge < -0.3 is 31.5 Å². The zero-order chi connectivity index (χ0) is 38.9. The molecule has 0 bridgehead atoms. The molecule has 3 unspecified atom stereocenters. The third kappa shape index (κ3) is 15.4. The van der Waals surface area contributed by atoms with Gasteiger partial charge in [-0.1, -0.05) is 119 Å². The van der Waals surface area contributed by atoms with Crippen LogP contribution in [0.15, 0.2) is 24.3 Å². The van der Waals surface area contributed by atoms with Crippen LogP contribution in [-0.2, 0) is 37.1 Å². The fraction of sp³-hybridized carbons (Fsp3) is 0.692. The van der Waals surface area contributed by atoms with E-state index in [1.165, 1.54) is 30.6 Å². The summed E-state index contributed by atoms with van der Waals surface area (Å²) in [4.78, 5) is 78.4. The highest BCUT2D eigenvalue weighted by atomic mass is 16.2. The van der Waals surface area contributed by atoms with E-state index < -0.39 is 53.1 Å². The molecule has 51 heavy (non-hydrogen) atoms. The number of Topliss-reactive ketones (excluding diaryl/α,β-unsaturated/α-hetero) is 1. The first kappa shape index (κ1) is 45.1. The lowest BCUT2D eigenvalue weighted by atomic mass is 9.85. The maximum absolute atomic E-state index is 13.6. The van der Waals surface area contributed by atoms with E-state index in [9.17, 15) is 28.8 Å². The second kappa shape index (κ2) is 22.1. The Morgan fingerprint density at radius 3 is 1.80 bits per heavy atom. The molecule has 3 atom stereocenters. The molecule has 288 valence electrons. The molecule has 1 aliphatic carbocycles. The maximum Gasteiger partial charge on any atom is 0.315 e. The minimum absolute atomic E-state index is 0.169. The molecular formula is C39H66N6O6. The molecule has 12 heteroatoms. The van der Waals surface area contributed by atoms with Crippen molar-refractivity contribution in [3.8, 4) is 0 Å². The third-order valence-corrected chi connectivity index (χ3v) is 8.50. The van der Waals surface area contributed by atoms with Crippen LogP contribution in [0.5, 0.6) is 0 Å². The van der Waals surface area contributed by atoms with Crippen molar-refractivity contribution in [2.75, 3.05) is 13.1 Å². The first-order chi connectivity index (χ1) is 23.9. The van der Waals surface area contributed by atoms with E-state index >= 15 is 0 Å². The van der Waals surface area contributed by atoms with Gasteiger partial charge in [-0.25, -0.2) is 4.79 Å². The van der Waals surface area contributed by atoms with Crippen LogP contribution < -0.4 is 21.7 Å². The number of fused-ring (bicyclic) bond motifs is 1. The highest BCUT2D eigenvalue weighted by molar-refractivity contribution is 6.37. The van der Waals surface area contributed by atoms with Gasteiger partial charge in [-0.15, -0.1) is 0 Å². The quantitative estimate of drug-likeness (QED) is 0.260. The van der Waals surface area contributed by atoms with Crippen LogP contribution in [0.1, 0.15) is 125 Å². The number of urea groups is 1. The van der Waals surface area contributed by atoms with Gasteiger partial charge in [0.25, 0.3) is 5.91 Å². The smallest absolute Gasteiger partial charge is 0.315 e. The summed E-state index contributed by atoms with van der Waals surface area (Å²) in [5.41, 5.74) is 6.50. The summed E-state index contributed by atoms with van der Waals surface area (Å²) in [6.07, 6.45) is 6.80. The number of primary amides is 1. The van der Waals surface area contributed by atoms with E-state index in [1.807, 2.05) is 24.3 Å². The number of rotatable bonds is 9. The van der Waals surface area contributed by atoms with Crippen LogP contribution in [0.25, 0.3) is 0 Å².